The van der Waals surface area contributed by atoms with E-state index in [1.54, 1.807) is 0 Å². The van der Waals surface area contributed by atoms with Gasteiger partial charge in [0.1, 0.15) is 11.6 Å². The molecule has 0 saturated carbocycles. The van der Waals surface area contributed by atoms with E-state index in [1.807, 2.05) is 0 Å². The van der Waals surface area contributed by atoms with E-state index >= 15 is 0 Å². The molecule has 144 valence electrons. The zero-order valence-corrected chi connectivity index (χ0v) is 14.9. The monoisotopic (exact) mass is 391 g/mol. The Bertz CT molecular complexity index is 734. The molecule has 4 rings (SSSR count). The first-order valence-corrected chi connectivity index (χ1v) is 8.47. The molecule has 0 aliphatic carbocycles. The minimum atomic E-state index is -4.40. The highest BCUT2D eigenvalue weighted by Crippen LogP contribution is 2.30. The van der Waals surface area contributed by atoms with Gasteiger partial charge < -0.3 is 9.88 Å². The van der Waals surface area contributed by atoms with Crippen LogP contribution in [0.3, 0.4) is 0 Å². The SMILES string of the molecule is Cl.FC(F)(F)c1cc(CN2CCC(c3nnc4n3CCNC4)CC2)[nH]n1. The summed E-state index contributed by atoms with van der Waals surface area (Å²) in [6, 6.07) is 1.09. The number of aromatic amines is 1. The topological polar surface area (TPSA) is 74.7 Å². The van der Waals surface area contributed by atoms with Crippen LogP contribution in [0.25, 0.3) is 0 Å². The van der Waals surface area contributed by atoms with Crippen molar-refractivity contribution in [2.75, 3.05) is 19.6 Å². The molecule has 2 aromatic rings. The number of nitrogens with one attached hydrogen (secondary N) is 2. The van der Waals surface area contributed by atoms with Crippen molar-refractivity contribution in [1.82, 2.24) is 35.2 Å². The molecule has 0 unspecified atom stereocenters. The molecule has 2 aliphatic heterocycles. The van der Waals surface area contributed by atoms with E-state index in [2.05, 4.69) is 35.2 Å². The molecule has 4 heterocycles. The van der Waals surface area contributed by atoms with Crippen molar-refractivity contribution in [1.29, 1.82) is 0 Å². The van der Waals surface area contributed by atoms with Gasteiger partial charge in [0.25, 0.3) is 0 Å². The van der Waals surface area contributed by atoms with Gasteiger partial charge >= 0.3 is 6.18 Å². The lowest BCUT2D eigenvalue weighted by molar-refractivity contribution is -0.141. The molecular weight excluding hydrogens is 371 g/mol. The van der Waals surface area contributed by atoms with Crippen LogP contribution in [-0.2, 0) is 25.8 Å². The smallest absolute Gasteiger partial charge is 0.312 e. The standard InChI is InChI=1S/C15H20F3N7.ClH/c16-15(17,18)12-7-11(20-21-12)9-24-4-1-10(2-5-24)14-23-22-13-8-19-3-6-25(13)14;/h7,10,19H,1-6,8-9H2,(H,20,21);1H. The van der Waals surface area contributed by atoms with Crippen LogP contribution in [0, 0.1) is 0 Å². The molecule has 2 aromatic heterocycles. The Morgan fingerprint density at radius 3 is 2.62 bits per heavy atom. The Hall–Kier alpha value is -1.65. The number of alkyl halides is 3. The van der Waals surface area contributed by atoms with E-state index in [1.165, 1.54) is 0 Å². The van der Waals surface area contributed by atoms with Crippen molar-refractivity contribution in [2.24, 2.45) is 0 Å². The lowest BCUT2D eigenvalue weighted by Gasteiger charge is -2.31. The summed E-state index contributed by atoms with van der Waals surface area (Å²) in [6.07, 6.45) is -2.53. The fourth-order valence-corrected chi connectivity index (χ4v) is 3.59. The van der Waals surface area contributed by atoms with Crippen molar-refractivity contribution in [3.63, 3.8) is 0 Å². The van der Waals surface area contributed by atoms with Gasteiger partial charge in [-0.25, -0.2) is 0 Å². The average molecular weight is 392 g/mol. The third-order valence-corrected chi connectivity index (χ3v) is 4.92. The van der Waals surface area contributed by atoms with Gasteiger partial charge in [-0.2, -0.15) is 18.3 Å². The number of fused-ring (bicyclic) bond motifs is 1. The second kappa shape index (κ2) is 7.53. The predicted molar refractivity (Wildman–Crippen MR) is 89.8 cm³/mol. The van der Waals surface area contributed by atoms with E-state index in [-0.39, 0.29) is 12.4 Å². The van der Waals surface area contributed by atoms with Gasteiger partial charge in [0, 0.05) is 31.2 Å². The molecule has 0 radical (unpaired) electrons. The van der Waals surface area contributed by atoms with Gasteiger partial charge in [0.2, 0.25) is 0 Å². The molecule has 0 spiro atoms. The summed E-state index contributed by atoms with van der Waals surface area (Å²) in [6.45, 7) is 4.69. The van der Waals surface area contributed by atoms with Crippen LogP contribution >= 0.6 is 12.4 Å². The number of rotatable bonds is 3. The highest BCUT2D eigenvalue weighted by atomic mass is 35.5. The number of aromatic nitrogens is 5. The Labute approximate surface area is 154 Å². The molecule has 0 aromatic carbocycles. The van der Waals surface area contributed by atoms with Gasteiger partial charge in [0.15, 0.2) is 5.69 Å². The second-order valence-corrected chi connectivity index (χ2v) is 6.63. The van der Waals surface area contributed by atoms with E-state index in [9.17, 15) is 13.2 Å². The quantitative estimate of drug-likeness (QED) is 0.836. The van der Waals surface area contributed by atoms with Gasteiger partial charge in [-0.05, 0) is 32.0 Å². The molecule has 11 heteroatoms. The fraction of sp³-hybridized carbons (Fsp3) is 0.667. The fourth-order valence-electron chi connectivity index (χ4n) is 3.59. The van der Waals surface area contributed by atoms with Gasteiger partial charge in [-0.3, -0.25) is 10.00 Å². The first-order chi connectivity index (χ1) is 12.0. The normalized spacial score (nSPS) is 19.2. The van der Waals surface area contributed by atoms with Crippen molar-refractivity contribution >= 4 is 12.4 Å². The minimum Gasteiger partial charge on any atom is -0.312 e. The number of hydrogen-bond donors (Lipinski definition) is 2. The minimum absolute atomic E-state index is 0. The highest BCUT2D eigenvalue weighted by molar-refractivity contribution is 5.85. The Morgan fingerprint density at radius 1 is 1.15 bits per heavy atom. The maximum Gasteiger partial charge on any atom is 0.435 e. The van der Waals surface area contributed by atoms with Crippen molar-refractivity contribution in [3.05, 3.63) is 29.1 Å². The zero-order valence-electron chi connectivity index (χ0n) is 14.1. The summed E-state index contributed by atoms with van der Waals surface area (Å²) in [5.74, 6) is 2.40. The number of piperidine rings is 1. The van der Waals surface area contributed by atoms with Gasteiger partial charge in [-0.1, -0.05) is 0 Å². The number of likely N-dealkylation sites (tertiary alicyclic amines) is 1. The van der Waals surface area contributed by atoms with Crippen molar-refractivity contribution in [2.45, 2.75) is 44.6 Å². The maximum atomic E-state index is 12.6. The number of nitrogens with zero attached hydrogens (tertiary/aromatic N) is 5. The summed E-state index contributed by atoms with van der Waals surface area (Å²) >= 11 is 0. The number of hydrogen-bond acceptors (Lipinski definition) is 5. The zero-order chi connectivity index (χ0) is 17.4. The average Bonchev–Trinajstić information content (AvgIpc) is 3.22. The van der Waals surface area contributed by atoms with E-state index in [0.717, 1.165) is 63.3 Å². The molecule has 2 aliphatic rings. The summed E-state index contributed by atoms with van der Waals surface area (Å²) in [4.78, 5) is 2.15. The highest BCUT2D eigenvalue weighted by Gasteiger charge is 2.34. The van der Waals surface area contributed by atoms with Crippen molar-refractivity contribution in [3.8, 4) is 0 Å². The van der Waals surface area contributed by atoms with Crippen LogP contribution in [0.15, 0.2) is 6.07 Å². The second-order valence-electron chi connectivity index (χ2n) is 6.63. The number of halogens is 4. The lowest BCUT2D eigenvalue weighted by Crippen LogP contribution is -2.34. The Morgan fingerprint density at radius 2 is 1.92 bits per heavy atom. The summed E-state index contributed by atoms with van der Waals surface area (Å²) < 4.78 is 40.0. The molecule has 0 amide bonds. The summed E-state index contributed by atoms with van der Waals surface area (Å²) in [7, 11) is 0. The third-order valence-electron chi connectivity index (χ3n) is 4.92. The Balaban J connectivity index is 0.00000196. The van der Waals surface area contributed by atoms with Crippen LogP contribution in [0.1, 0.15) is 41.8 Å². The molecular formula is C15H21ClF3N7. The molecule has 0 bridgehead atoms. The first-order valence-electron chi connectivity index (χ1n) is 8.47. The molecule has 1 fully saturated rings. The largest absolute Gasteiger partial charge is 0.435 e. The molecule has 1 saturated heterocycles. The number of H-pyrrole nitrogens is 1. The van der Waals surface area contributed by atoms with Gasteiger partial charge in [0.05, 0.1) is 6.54 Å². The van der Waals surface area contributed by atoms with Crippen molar-refractivity contribution < 1.29 is 13.2 Å². The lowest BCUT2D eigenvalue weighted by atomic mass is 9.95. The van der Waals surface area contributed by atoms with E-state index in [0.29, 0.717) is 18.2 Å². The Kier molecular flexibility index (Phi) is 5.54. The van der Waals surface area contributed by atoms with E-state index < -0.39 is 11.9 Å². The summed E-state index contributed by atoms with van der Waals surface area (Å²) in [5, 5.41) is 17.8. The molecule has 26 heavy (non-hydrogen) atoms. The predicted octanol–water partition coefficient (Wildman–Crippen LogP) is 1.92. The summed E-state index contributed by atoms with van der Waals surface area (Å²) in [5.41, 5.74) is -0.363. The van der Waals surface area contributed by atoms with E-state index in [4.69, 9.17) is 0 Å². The third kappa shape index (κ3) is 3.86. The van der Waals surface area contributed by atoms with Crippen LogP contribution in [0.5, 0.6) is 0 Å². The van der Waals surface area contributed by atoms with Crippen LogP contribution in [-0.4, -0.2) is 49.5 Å². The first kappa shape index (κ1) is 19.1. The molecule has 7 nitrogen and oxygen atoms in total. The maximum absolute atomic E-state index is 12.6. The van der Waals surface area contributed by atoms with Gasteiger partial charge in [-0.15, -0.1) is 22.6 Å². The van der Waals surface area contributed by atoms with Crippen LogP contribution < -0.4 is 5.32 Å². The van der Waals surface area contributed by atoms with Crippen LogP contribution in [0.4, 0.5) is 13.2 Å². The molecule has 0 atom stereocenters. The van der Waals surface area contributed by atoms with Crippen LogP contribution in [0.2, 0.25) is 0 Å². The molecule has 2 N–H and O–H groups in total.